The normalized spacial score (nSPS) is 14.3. The number of likely N-dealkylation sites (N-methyl/N-ethyl adjacent to an activating group) is 1. The summed E-state index contributed by atoms with van der Waals surface area (Å²) in [5.41, 5.74) is 0.307. The SMILES string of the molecule is CCC(C)(C)C(Cc1ncc[nH]1)NC. The molecule has 1 rings (SSSR count). The predicted octanol–water partition coefficient (Wildman–Crippen LogP) is 1.98. The van der Waals surface area contributed by atoms with Crippen molar-refractivity contribution in [1.82, 2.24) is 15.3 Å². The molecule has 3 nitrogen and oxygen atoms in total. The van der Waals surface area contributed by atoms with Crippen molar-refractivity contribution in [3.63, 3.8) is 0 Å². The Morgan fingerprint density at radius 3 is 2.71 bits per heavy atom. The van der Waals surface area contributed by atoms with E-state index in [2.05, 4.69) is 36.1 Å². The largest absolute Gasteiger partial charge is 0.349 e. The topological polar surface area (TPSA) is 40.7 Å². The first kappa shape index (κ1) is 11.2. The van der Waals surface area contributed by atoms with Crippen molar-refractivity contribution >= 4 is 0 Å². The molecule has 0 aliphatic carbocycles. The second-order valence-corrected chi connectivity index (χ2v) is 4.42. The van der Waals surface area contributed by atoms with Gasteiger partial charge in [-0.1, -0.05) is 20.8 Å². The number of H-pyrrole nitrogens is 1. The summed E-state index contributed by atoms with van der Waals surface area (Å²) in [5.74, 6) is 1.06. The molecule has 0 fully saturated rings. The highest BCUT2D eigenvalue weighted by atomic mass is 14.9. The van der Waals surface area contributed by atoms with Gasteiger partial charge in [-0.15, -0.1) is 0 Å². The molecule has 0 saturated heterocycles. The van der Waals surface area contributed by atoms with Gasteiger partial charge in [-0.25, -0.2) is 4.98 Å². The van der Waals surface area contributed by atoms with Crippen molar-refractivity contribution in [3.8, 4) is 0 Å². The average Bonchev–Trinajstić information content (AvgIpc) is 2.66. The highest BCUT2D eigenvalue weighted by molar-refractivity contribution is 4.95. The molecular weight excluding hydrogens is 174 g/mol. The molecule has 1 heterocycles. The zero-order valence-corrected chi connectivity index (χ0v) is 9.59. The van der Waals surface area contributed by atoms with Crippen LogP contribution in [0.2, 0.25) is 0 Å². The van der Waals surface area contributed by atoms with Gasteiger partial charge in [0, 0.05) is 24.9 Å². The summed E-state index contributed by atoms with van der Waals surface area (Å²) in [6.07, 6.45) is 5.81. The molecule has 1 unspecified atom stereocenters. The van der Waals surface area contributed by atoms with Crippen LogP contribution in [0.25, 0.3) is 0 Å². The van der Waals surface area contributed by atoms with E-state index in [0.717, 1.165) is 12.2 Å². The minimum Gasteiger partial charge on any atom is -0.349 e. The third-order valence-electron chi connectivity index (χ3n) is 3.16. The first-order chi connectivity index (χ1) is 6.60. The molecule has 1 aromatic rings. The molecule has 0 saturated carbocycles. The van der Waals surface area contributed by atoms with E-state index in [0.29, 0.717) is 11.5 Å². The van der Waals surface area contributed by atoms with Crippen molar-refractivity contribution < 1.29 is 0 Å². The molecule has 2 N–H and O–H groups in total. The fraction of sp³-hybridized carbons (Fsp3) is 0.727. The van der Waals surface area contributed by atoms with Crippen LogP contribution in [0.4, 0.5) is 0 Å². The molecule has 0 amide bonds. The Hall–Kier alpha value is -0.830. The highest BCUT2D eigenvalue weighted by Crippen LogP contribution is 2.26. The van der Waals surface area contributed by atoms with Gasteiger partial charge in [0.2, 0.25) is 0 Å². The first-order valence-corrected chi connectivity index (χ1v) is 5.25. The van der Waals surface area contributed by atoms with Crippen LogP contribution >= 0.6 is 0 Å². The van der Waals surface area contributed by atoms with Crippen molar-refractivity contribution in [2.75, 3.05) is 7.05 Å². The lowest BCUT2D eigenvalue weighted by Gasteiger charge is -2.32. The van der Waals surface area contributed by atoms with E-state index in [1.54, 1.807) is 6.20 Å². The number of rotatable bonds is 5. The number of aromatic amines is 1. The molecule has 3 heteroatoms. The summed E-state index contributed by atoms with van der Waals surface area (Å²) in [7, 11) is 2.02. The third kappa shape index (κ3) is 2.58. The van der Waals surface area contributed by atoms with E-state index in [1.807, 2.05) is 13.2 Å². The summed E-state index contributed by atoms with van der Waals surface area (Å²) in [6, 6.07) is 0.471. The van der Waals surface area contributed by atoms with Gasteiger partial charge in [0.1, 0.15) is 5.82 Å². The Morgan fingerprint density at radius 1 is 1.57 bits per heavy atom. The van der Waals surface area contributed by atoms with Crippen LogP contribution in [0.1, 0.15) is 33.0 Å². The minimum absolute atomic E-state index is 0.307. The molecule has 0 aromatic carbocycles. The maximum atomic E-state index is 4.26. The Kier molecular flexibility index (Phi) is 3.69. The smallest absolute Gasteiger partial charge is 0.107 e. The number of imidazole rings is 1. The highest BCUT2D eigenvalue weighted by Gasteiger charge is 2.26. The van der Waals surface area contributed by atoms with Gasteiger partial charge in [0.15, 0.2) is 0 Å². The molecule has 0 aliphatic heterocycles. The lowest BCUT2D eigenvalue weighted by molar-refractivity contribution is 0.238. The molecule has 0 spiro atoms. The van der Waals surface area contributed by atoms with Crippen molar-refractivity contribution in [1.29, 1.82) is 0 Å². The summed E-state index contributed by atoms with van der Waals surface area (Å²) in [6.45, 7) is 6.81. The Balaban J connectivity index is 2.64. The van der Waals surface area contributed by atoms with Crippen LogP contribution in [-0.4, -0.2) is 23.1 Å². The van der Waals surface area contributed by atoms with E-state index in [9.17, 15) is 0 Å². The van der Waals surface area contributed by atoms with Crippen molar-refractivity contribution in [2.45, 2.75) is 39.7 Å². The average molecular weight is 195 g/mol. The van der Waals surface area contributed by atoms with E-state index in [4.69, 9.17) is 0 Å². The third-order valence-corrected chi connectivity index (χ3v) is 3.16. The maximum absolute atomic E-state index is 4.26. The molecule has 0 radical (unpaired) electrons. The van der Waals surface area contributed by atoms with E-state index in [-0.39, 0.29) is 0 Å². The minimum atomic E-state index is 0.307. The summed E-state index contributed by atoms with van der Waals surface area (Å²) >= 11 is 0. The van der Waals surface area contributed by atoms with Crippen LogP contribution in [0.15, 0.2) is 12.4 Å². The van der Waals surface area contributed by atoms with E-state index >= 15 is 0 Å². The molecule has 0 aliphatic rings. The monoisotopic (exact) mass is 195 g/mol. The summed E-state index contributed by atoms with van der Waals surface area (Å²) in [4.78, 5) is 7.40. The fourth-order valence-electron chi connectivity index (χ4n) is 1.62. The number of hydrogen-bond acceptors (Lipinski definition) is 2. The van der Waals surface area contributed by atoms with Gasteiger partial charge in [-0.2, -0.15) is 0 Å². The van der Waals surface area contributed by atoms with Gasteiger partial charge in [0.25, 0.3) is 0 Å². The molecule has 80 valence electrons. The number of aromatic nitrogens is 2. The molecule has 14 heavy (non-hydrogen) atoms. The Bertz CT molecular complexity index is 252. The first-order valence-electron chi connectivity index (χ1n) is 5.25. The zero-order valence-electron chi connectivity index (χ0n) is 9.59. The second-order valence-electron chi connectivity index (χ2n) is 4.42. The van der Waals surface area contributed by atoms with Crippen LogP contribution in [0.5, 0.6) is 0 Å². The van der Waals surface area contributed by atoms with Gasteiger partial charge in [0.05, 0.1) is 0 Å². The van der Waals surface area contributed by atoms with Gasteiger partial charge < -0.3 is 10.3 Å². The van der Waals surface area contributed by atoms with Gasteiger partial charge in [-0.3, -0.25) is 0 Å². The number of hydrogen-bond donors (Lipinski definition) is 2. The lowest BCUT2D eigenvalue weighted by atomic mass is 9.80. The lowest BCUT2D eigenvalue weighted by Crippen LogP contribution is -2.41. The molecule has 1 atom stereocenters. The van der Waals surface area contributed by atoms with E-state index < -0.39 is 0 Å². The quantitative estimate of drug-likeness (QED) is 0.754. The number of nitrogens with zero attached hydrogens (tertiary/aromatic N) is 1. The van der Waals surface area contributed by atoms with Crippen molar-refractivity contribution in [2.24, 2.45) is 5.41 Å². The van der Waals surface area contributed by atoms with Gasteiger partial charge in [-0.05, 0) is 18.9 Å². The van der Waals surface area contributed by atoms with Crippen LogP contribution in [0.3, 0.4) is 0 Å². The Labute approximate surface area is 86.3 Å². The molecule has 0 bridgehead atoms. The molecular formula is C11H21N3. The predicted molar refractivity (Wildman–Crippen MR) is 59.2 cm³/mol. The second kappa shape index (κ2) is 4.60. The summed E-state index contributed by atoms with van der Waals surface area (Å²) < 4.78 is 0. The molecule has 1 aromatic heterocycles. The Morgan fingerprint density at radius 2 is 2.29 bits per heavy atom. The standard InChI is InChI=1S/C11H21N3/c1-5-11(2,3)9(12-4)8-10-13-6-7-14-10/h6-7,9,12H,5,8H2,1-4H3,(H,13,14). The van der Waals surface area contributed by atoms with Crippen LogP contribution in [0, 0.1) is 5.41 Å². The van der Waals surface area contributed by atoms with Crippen LogP contribution in [-0.2, 0) is 6.42 Å². The van der Waals surface area contributed by atoms with Crippen LogP contribution < -0.4 is 5.32 Å². The fourth-order valence-corrected chi connectivity index (χ4v) is 1.62. The van der Waals surface area contributed by atoms with Gasteiger partial charge >= 0.3 is 0 Å². The number of nitrogens with one attached hydrogen (secondary N) is 2. The van der Waals surface area contributed by atoms with E-state index in [1.165, 1.54) is 6.42 Å². The van der Waals surface area contributed by atoms with Crippen molar-refractivity contribution in [3.05, 3.63) is 18.2 Å². The summed E-state index contributed by atoms with van der Waals surface area (Å²) in [5, 5.41) is 3.37. The zero-order chi connectivity index (χ0) is 10.6. The maximum Gasteiger partial charge on any atom is 0.107 e.